The van der Waals surface area contributed by atoms with Crippen LogP contribution in [0.5, 0.6) is 0 Å². The van der Waals surface area contributed by atoms with Gasteiger partial charge in [0.05, 0.1) is 17.1 Å². The second kappa shape index (κ2) is 8.97. The van der Waals surface area contributed by atoms with E-state index in [9.17, 15) is 4.79 Å². The maximum absolute atomic E-state index is 12.3. The molecule has 1 atom stereocenters. The predicted molar refractivity (Wildman–Crippen MR) is 109 cm³/mol. The highest BCUT2D eigenvalue weighted by atomic mass is 35.5. The summed E-state index contributed by atoms with van der Waals surface area (Å²) in [5, 5.41) is 6.50. The highest BCUT2D eigenvalue weighted by Gasteiger charge is 2.12. The minimum Gasteiger partial charge on any atom is -0.353 e. The fourth-order valence-electron chi connectivity index (χ4n) is 2.74. The number of thiazole rings is 1. The van der Waals surface area contributed by atoms with Gasteiger partial charge in [-0.3, -0.25) is 4.79 Å². The summed E-state index contributed by atoms with van der Waals surface area (Å²) < 4.78 is 0. The van der Waals surface area contributed by atoms with Crippen LogP contribution in [0.1, 0.15) is 24.6 Å². The van der Waals surface area contributed by atoms with Gasteiger partial charge in [-0.2, -0.15) is 0 Å². The van der Waals surface area contributed by atoms with Crippen molar-refractivity contribution >= 4 is 28.8 Å². The predicted octanol–water partition coefficient (Wildman–Crippen LogP) is 5.14. The zero-order valence-electron chi connectivity index (χ0n) is 14.6. The van der Waals surface area contributed by atoms with Gasteiger partial charge in [-0.15, -0.1) is 11.3 Å². The number of carbonyl (C=O) groups excluding carboxylic acids is 1. The van der Waals surface area contributed by atoms with E-state index in [1.807, 2.05) is 54.8 Å². The number of aryl methyl sites for hydroxylation is 1. The van der Waals surface area contributed by atoms with E-state index < -0.39 is 0 Å². The molecule has 3 aromatic rings. The molecule has 0 fully saturated rings. The Balaban J connectivity index is 1.51. The Hall–Kier alpha value is -2.17. The van der Waals surface area contributed by atoms with Crippen molar-refractivity contribution in [3.63, 3.8) is 0 Å². The van der Waals surface area contributed by atoms with Crippen molar-refractivity contribution in [1.29, 1.82) is 0 Å². The second-order valence-electron chi connectivity index (χ2n) is 6.29. The lowest BCUT2D eigenvalue weighted by atomic mass is 10.1. The summed E-state index contributed by atoms with van der Waals surface area (Å²) in [6.45, 7) is 2.04. The van der Waals surface area contributed by atoms with Gasteiger partial charge in [-0.1, -0.05) is 60.1 Å². The van der Waals surface area contributed by atoms with Crippen molar-refractivity contribution in [2.24, 2.45) is 0 Å². The molecular weight excluding hydrogens is 364 g/mol. The van der Waals surface area contributed by atoms with E-state index in [2.05, 4.69) is 22.4 Å². The van der Waals surface area contributed by atoms with Crippen LogP contribution in [0.4, 0.5) is 0 Å². The third kappa shape index (κ3) is 5.16. The van der Waals surface area contributed by atoms with Crippen molar-refractivity contribution in [3.8, 4) is 10.6 Å². The maximum Gasteiger partial charge on any atom is 0.226 e. The van der Waals surface area contributed by atoms with Crippen LogP contribution in [0.3, 0.4) is 0 Å². The lowest BCUT2D eigenvalue weighted by molar-refractivity contribution is -0.121. The molecule has 5 heteroatoms. The third-order valence-corrected chi connectivity index (χ3v) is 5.37. The number of hydrogen-bond acceptors (Lipinski definition) is 3. The van der Waals surface area contributed by atoms with Crippen LogP contribution in [0.15, 0.2) is 60.0 Å². The van der Waals surface area contributed by atoms with E-state index >= 15 is 0 Å². The zero-order valence-corrected chi connectivity index (χ0v) is 16.2. The van der Waals surface area contributed by atoms with Gasteiger partial charge in [0.1, 0.15) is 5.01 Å². The molecule has 0 saturated heterocycles. The molecule has 1 N–H and O–H groups in total. The number of hydrogen-bond donors (Lipinski definition) is 1. The van der Waals surface area contributed by atoms with E-state index in [1.165, 1.54) is 16.9 Å². The molecule has 0 spiro atoms. The Morgan fingerprint density at radius 2 is 1.88 bits per heavy atom. The Bertz CT molecular complexity index is 863. The van der Waals surface area contributed by atoms with Gasteiger partial charge in [0.25, 0.3) is 0 Å². The zero-order chi connectivity index (χ0) is 18.4. The summed E-state index contributed by atoms with van der Waals surface area (Å²) >= 11 is 7.72. The normalized spacial score (nSPS) is 11.9. The van der Waals surface area contributed by atoms with Crippen molar-refractivity contribution in [2.45, 2.75) is 32.2 Å². The second-order valence-corrected chi connectivity index (χ2v) is 7.56. The fourth-order valence-corrected chi connectivity index (χ4v) is 3.88. The number of amides is 1. The first-order valence-corrected chi connectivity index (χ1v) is 9.90. The highest BCUT2D eigenvalue weighted by molar-refractivity contribution is 7.13. The molecule has 3 nitrogen and oxygen atoms in total. The molecule has 26 heavy (non-hydrogen) atoms. The number of rotatable bonds is 7. The van der Waals surface area contributed by atoms with Crippen molar-refractivity contribution < 1.29 is 4.79 Å². The lowest BCUT2D eigenvalue weighted by Gasteiger charge is -2.13. The van der Waals surface area contributed by atoms with Crippen LogP contribution in [0, 0.1) is 0 Å². The van der Waals surface area contributed by atoms with Gasteiger partial charge in [-0.25, -0.2) is 4.98 Å². The maximum atomic E-state index is 12.3. The van der Waals surface area contributed by atoms with Crippen molar-refractivity contribution in [3.05, 3.63) is 76.3 Å². The molecule has 0 aliphatic heterocycles. The number of aromatic nitrogens is 1. The van der Waals surface area contributed by atoms with E-state index in [4.69, 9.17) is 11.6 Å². The quantitative estimate of drug-likeness (QED) is 0.612. The Kier molecular flexibility index (Phi) is 6.42. The smallest absolute Gasteiger partial charge is 0.226 e. The molecule has 1 heterocycles. The standard InChI is InChI=1S/C21H21ClN2OS/c1-15(11-12-16-7-3-2-4-8-16)23-20(25)13-17-14-26-21(24-17)18-9-5-6-10-19(18)22/h2-10,14-15H,11-13H2,1H3,(H,23,25). The minimum absolute atomic E-state index is 0.00145. The third-order valence-electron chi connectivity index (χ3n) is 4.11. The molecule has 1 unspecified atom stereocenters. The van der Waals surface area contributed by atoms with Crippen molar-refractivity contribution in [2.75, 3.05) is 0 Å². The topological polar surface area (TPSA) is 42.0 Å². The molecule has 0 saturated carbocycles. The van der Waals surface area contributed by atoms with Crippen LogP contribution in [-0.4, -0.2) is 16.9 Å². The molecular formula is C21H21ClN2OS. The molecule has 2 aromatic carbocycles. The summed E-state index contributed by atoms with van der Waals surface area (Å²) in [6.07, 6.45) is 2.16. The summed E-state index contributed by atoms with van der Waals surface area (Å²) in [5.41, 5.74) is 2.97. The van der Waals surface area contributed by atoms with E-state index in [1.54, 1.807) is 0 Å². The van der Waals surface area contributed by atoms with E-state index in [0.29, 0.717) is 5.02 Å². The average Bonchev–Trinajstić information content (AvgIpc) is 3.09. The molecule has 0 aliphatic rings. The molecule has 3 rings (SSSR count). The Labute approximate surface area is 163 Å². The molecule has 0 bridgehead atoms. The highest BCUT2D eigenvalue weighted by Crippen LogP contribution is 2.30. The van der Waals surface area contributed by atoms with Gasteiger partial charge in [-0.05, 0) is 31.4 Å². The van der Waals surface area contributed by atoms with E-state index in [-0.39, 0.29) is 18.4 Å². The number of carbonyl (C=O) groups is 1. The number of benzene rings is 2. The summed E-state index contributed by atoms with van der Waals surface area (Å²) in [7, 11) is 0. The van der Waals surface area contributed by atoms with Crippen LogP contribution in [-0.2, 0) is 17.6 Å². The SMILES string of the molecule is CC(CCc1ccccc1)NC(=O)Cc1csc(-c2ccccc2Cl)n1. The molecule has 0 radical (unpaired) electrons. The fraction of sp³-hybridized carbons (Fsp3) is 0.238. The average molecular weight is 385 g/mol. The summed E-state index contributed by atoms with van der Waals surface area (Å²) in [6, 6.07) is 18.1. The summed E-state index contributed by atoms with van der Waals surface area (Å²) in [5.74, 6) is 0.00145. The number of nitrogens with one attached hydrogen (secondary N) is 1. The largest absolute Gasteiger partial charge is 0.353 e. The van der Waals surface area contributed by atoms with Gasteiger partial charge < -0.3 is 5.32 Å². The molecule has 134 valence electrons. The van der Waals surface area contributed by atoms with Crippen LogP contribution >= 0.6 is 22.9 Å². The lowest BCUT2D eigenvalue weighted by Crippen LogP contribution is -2.34. The van der Waals surface area contributed by atoms with Gasteiger partial charge in [0, 0.05) is 17.0 Å². The monoisotopic (exact) mass is 384 g/mol. The Morgan fingerprint density at radius 1 is 1.15 bits per heavy atom. The first-order valence-electron chi connectivity index (χ1n) is 8.64. The number of halogens is 1. The van der Waals surface area contributed by atoms with E-state index in [0.717, 1.165) is 29.1 Å². The summed E-state index contributed by atoms with van der Waals surface area (Å²) in [4.78, 5) is 16.8. The first-order chi connectivity index (χ1) is 12.6. The minimum atomic E-state index is 0.00145. The molecule has 1 aromatic heterocycles. The molecule has 1 amide bonds. The van der Waals surface area contributed by atoms with Crippen LogP contribution in [0.25, 0.3) is 10.6 Å². The first kappa shape index (κ1) is 18.6. The van der Waals surface area contributed by atoms with Crippen LogP contribution < -0.4 is 5.32 Å². The van der Waals surface area contributed by atoms with Gasteiger partial charge >= 0.3 is 0 Å². The van der Waals surface area contributed by atoms with Crippen molar-refractivity contribution in [1.82, 2.24) is 10.3 Å². The van der Waals surface area contributed by atoms with Crippen LogP contribution in [0.2, 0.25) is 5.02 Å². The van der Waals surface area contributed by atoms with Gasteiger partial charge in [0.2, 0.25) is 5.91 Å². The molecule has 0 aliphatic carbocycles. The number of nitrogens with zero attached hydrogens (tertiary/aromatic N) is 1. The van der Waals surface area contributed by atoms with Gasteiger partial charge in [0.15, 0.2) is 0 Å². The Morgan fingerprint density at radius 3 is 2.65 bits per heavy atom.